The third-order valence-corrected chi connectivity index (χ3v) is 4.78. The van der Waals surface area contributed by atoms with Crippen molar-refractivity contribution in [1.82, 2.24) is 5.32 Å². The first-order valence-electron chi connectivity index (χ1n) is 4.64. The number of alkyl halides is 1. The molecule has 0 fully saturated rings. The van der Waals surface area contributed by atoms with Gasteiger partial charge in [0.05, 0.1) is 5.02 Å². The molecule has 0 aliphatic carbocycles. The van der Waals surface area contributed by atoms with Gasteiger partial charge in [-0.25, -0.2) is 0 Å². The Hall–Kier alpha value is -0.0600. The van der Waals surface area contributed by atoms with Crippen LogP contribution < -0.4 is 5.32 Å². The number of nitrogens with one attached hydrogen (secondary N) is 1. The van der Waals surface area contributed by atoms with Crippen LogP contribution in [-0.4, -0.2) is 17.8 Å². The highest BCUT2D eigenvalue weighted by Crippen LogP contribution is 2.26. The Balaban J connectivity index is 2.58. The number of hydrogen-bond donors (Lipinski definition) is 1. The fourth-order valence-electron chi connectivity index (χ4n) is 0.985. The predicted octanol–water partition coefficient (Wildman–Crippen LogP) is 3.47. The van der Waals surface area contributed by atoms with Crippen LogP contribution in [0.3, 0.4) is 0 Å². The summed E-state index contributed by atoms with van der Waals surface area (Å²) in [4.78, 5) is 12.3. The van der Waals surface area contributed by atoms with Crippen LogP contribution in [0.25, 0.3) is 0 Å². The molecule has 1 heterocycles. The van der Waals surface area contributed by atoms with E-state index in [9.17, 15) is 4.79 Å². The molecule has 0 aromatic carbocycles. The number of hydrogen-bond acceptors (Lipinski definition) is 2. The number of carbonyl (C=O) groups excluding carboxylic acids is 1. The van der Waals surface area contributed by atoms with E-state index < -0.39 is 0 Å². The van der Waals surface area contributed by atoms with Crippen molar-refractivity contribution in [2.45, 2.75) is 13.8 Å². The Kier molecular flexibility index (Phi) is 5.09. The zero-order chi connectivity index (χ0) is 11.4. The summed E-state index contributed by atoms with van der Waals surface area (Å²) in [7, 11) is 0. The second kappa shape index (κ2) is 5.87. The van der Waals surface area contributed by atoms with E-state index in [0.29, 0.717) is 22.4 Å². The summed E-state index contributed by atoms with van der Waals surface area (Å²) in [5.41, 5.74) is 0.959. The van der Waals surface area contributed by atoms with Crippen molar-refractivity contribution in [3.05, 3.63) is 20.8 Å². The first-order valence-corrected chi connectivity index (χ1v) is 7.02. The summed E-state index contributed by atoms with van der Waals surface area (Å²) >= 11 is 10.7. The van der Waals surface area contributed by atoms with E-state index in [1.54, 1.807) is 0 Å². The van der Waals surface area contributed by atoms with E-state index in [4.69, 9.17) is 11.6 Å². The van der Waals surface area contributed by atoms with E-state index in [0.717, 1.165) is 10.9 Å². The highest BCUT2D eigenvalue weighted by Gasteiger charge is 2.14. The Labute approximate surface area is 107 Å². The lowest BCUT2D eigenvalue weighted by atomic mass is 10.2. The van der Waals surface area contributed by atoms with Crippen molar-refractivity contribution in [1.29, 1.82) is 0 Å². The summed E-state index contributed by atoms with van der Waals surface area (Å²) in [5, 5.41) is 6.21. The molecule has 1 amide bonds. The van der Waals surface area contributed by atoms with Crippen molar-refractivity contribution in [3.8, 4) is 0 Å². The van der Waals surface area contributed by atoms with Crippen LogP contribution in [0.15, 0.2) is 5.38 Å². The normalized spacial score (nSPS) is 12.5. The minimum atomic E-state index is -0.0779. The van der Waals surface area contributed by atoms with Crippen LogP contribution in [0.2, 0.25) is 5.02 Å². The quantitative estimate of drug-likeness (QED) is 0.848. The molecule has 1 rings (SSSR count). The summed E-state index contributed by atoms with van der Waals surface area (Å²) in [6.07, 6.45) is 0. The number of amides is 1. The maximum atomic E-state index is 11.7. The van der Waals surface area contributed by atoms with Crippen molar-refractivity contribution in [3.63, 3.8) is 0 Å². The lowest BCUT2D eigenvalue weighted by Crippen LogP contribution is -2.28. The van der Waals surface area contributed by atoms with Crippen molar-refractivity contribution < 1.29 is 4.79 Å². The van der Waals surface area contributed by atoms with Gasteiger partial charge in [-0.1, -0.05) is 34.5 Å². The van der Waals surface area contributed by atoms with Crippen LogP contribution in [0.5, 0.6) is 0 Å². The van der Waals surface area contributed by atoms with Gasteiger partial charge in [-0.2, -0.15) is 0 Å². The van der Waals surface area contributed by atoms with Crippen LogP contribution in [-0.2, 0) is 0 Å². The highest BCUT2D eigenvalue weighted by atomic mass is 79.9. The molecule has 5 heteroatoms. The molecule has 2 nitrogen and oxygen atoms in total. The van der Waals surface area contributed by atoms with Crippen molar-refractivity contribution in [2.75, 3.05) is 11.9 Å². The second-order valence-corrected chi connectivity index (χ2v) is 5.44. The third kappa shape index (κ3) is 3.47. The van der Waals surface area contributed by atoms with Gasteiger partial charge in [0, 0.05) is 11.9 Å². The van der Waals surface area contributed by atoms with Crippen LogP contribution in [0, 0.1) is 12.8 Å². The molecule has 1 N–H and O–H groups in total. The Bertz CT molecular complexity index is 353. The molecule has 84 valence electrons. The number of rotatable bonds is 4. The third-order valence-electron chi connectivity index (χ3n) is 1.98. The molecule has 1 atom stereocenters. The smallest absolute Gasteiger partial charge is 0.262 e. The van der Waals surface area contributed by atoms with Gasteiger partial charge in [-0.05, 0) is 23.8 Å². The highest BCUT2D eigenvalue weighted by molar-refractivity contribution is 9.09. The summed E-state index contributed by atoms with van der Waals surface area (Å²) in [6, 6.07) is 0. The number of carbonyl (C=O) groups is 1. The first kappa shape index (κ1) is 13.0. The van der Waals surface area contributed by atoms with E-state index >= 15 is 0 Å². The molecular weight excluding hydrogens is 298 g/mol. The predicted molar refractivity (Wildman–Crippen MR) is 69.4 cm³/mol. The lowest BCUT2D eigenvalue weighted by Gasteiger charge is -2.08. The molecule has 0 bridgehead atoms. The minimum absolute atomic E-state index is 0.0779. The van der Waals surface area contributed by atoms with Crippen LogP contribution in [0.4, 0.5) is 0 Å². The molecule has 0 saturated carbocycles. The maximum Gasteiger partial charge on any atom is 0.262 e. The summed E-state index contributed by atoms with van der Waals surface area (Å²) in [6.45, 7) is 4.63. The fourth-order valence-corrected chi connectivity index (χ4v) is 2.41. The largest absolute Gasteiger partial charge is 0.351 e. The summed E-state index contributed by atoms with van der Waals surface area (Å²) < 4.78 is 0. The Morgan fingerprint density at radius 3 is 2.87 bits per heavy atom. The zero-order valence-corrected chi connectivity index (χ0v) is 11.8. The van der Waals surface area contributed by atoms with E-state index in [1.165, 1.54) is 11.3 Å². The van der Waals surface area contributed by atoms with Crippen LogP contribution in [0.1, 0.15) is 22.2 Å². The van der Waals surface area contributed by atoms with Gasteiger partial charge in [-0.15, -0.1) is 11.3 Å². The van der Waals surface area contributed by atoms with Gasteiger partial charge >= 0.3 is 0 Å². The number of thiophene rings is 1. The lowest BCUT2D eigenvalue weighted by molar-refractivity contribution is 0.0953. The molecular formula is C10H13BrClNOS. The molecule has 0 saturated heterocycles. The van der Waals surface area contributed by atoms with Gasteiger partial charge in [0.25, 0.3) is 5.91 Å². The molecule has 1 unspecified atom stereocenters. The standard InChI is InChI=1S/C10H13BrClNOS/c1-6(3-11)4-13-10(14)9-8(12)7(2)5-15-9/h5-6H,3-4H2,1-2H3,(H,13,14). The molecule has 0 aliphatic rings. The molecule has 15 heavy (non-hydrogen) atoms. The van der Waals surface area contributed by atoms with Gasteiger partial charge < -0.3 is 5.32 Å². The van der Waals surface area contributed by atoms with E-state index in [1.807, 2.05) is 12.3 Å². The average molecular weight is 311 g/mol. The average Bonchev–Trinajstić information content (AvgIpc) is 2.56. The van der Waals surface area contributed by atoms with Gasteiger partial charge in [0.15, 0.2) is 0 Å². The van der Waals surface area contributed by atoms with Gasteiger partial charge in [-0.3, -0.25) is 4.79 Å². The molecule has 0 radical (unpaired) electrons. The SMILES string of the molecule is Cc1csc(C(=O)NCC(C)CBr)c1Cl. The maximum absolute atomic E-state index is 11.7. The Morgan fingerprint density at radius 2 is 2.40 bits per heavy atom. The summed E-state index contributed by atoms with van der Waals surface area (Å²) in [5.74, 6) is 0.347. The van der Waals surface area contributed by atoms with E-state index in [-0.39, 0.29) is 5.91 Å². The molecule has 1 aromatic heterocycles. The van der Waals surface area contributed by atoms with Crippen molar-refractivity contribution in [2.24, 2.45) is 5.92 Å². The minimum Gasteiger partial charge on any atom is -0.351 e. The molecule has 0 spiro atoms. The first-order chi connectivity index (χ1) is 7.06. The number of halogens is 2. The molecule has 0 aliphatic heterocycles. The van der Waals surface area contributed by atoms with Crippen LogP contribution >= 0.6 is 38.9 Å². The monoisotopic (exact) mass is 309 g/mol. The number of aryl methyl sites for hydroxylation is 1. The van der Waals surface area contributed by atoms with E-state index in [2.05, 4.69) is 28.2 Å². The van der Waals surface area contributed by atoms with Crippen molar-refractivity contribution >= 4 is 44.8 Å². The topological polar surface area (TPSA) is 29.1 Å². The van der Waals surface area contributed by atoms with Gasteiger partial charge in [0.2, 0.25) is 0 Å². The molecule has 1 aromatic rings. The fraction of sp³-hybridized carbons (Fsp3) is 0.500. The van der Waals surface area contributed by atoms with Gasteiger partial charge in [0.1, 0.15) is 4.88 Å². The zero-order valence-electron chi connectivity index (χ0n) is 8.64. The Morgan fingerprint density at radius 1 is 1.73 bits per heavy atom. The second-order valence-electron chi connectivity index (χ2n) is 3.53.